The van der Waals surface area contributed by atoms with Crippen LogP contribution in [0, 0.1) is 0 Å². The van der Waals surface area contributed by atoms with Crippen molar-refractivity contribution in [2.45, 2.75) is 51.2 Å². The lowest BCUT2D eigenvalue weighted by molar-refractivity contribution is 0.0255. The van der Waals surface area contributed by atoms with Crippen molar-refractivity contribution >= 4 is 0 Å². The average molecular weight is 201 g/mol. The molecule has 0 aliphatic carbocycles. The summed E-state index contributed by atoms with van der Waals surface area (Å²) in [5.74, 6) is 0. The molecule has 0 bridgehead atoms. The van der Waals surface area contributed by atoms with E-state index in [0.717, 1.165) is 32.4 Å². The predicted molar refractivity (Wildman–Crippen MR) is 57.2 cm³/mol. The Morgan fingerprint density at radius 3 is 2.50 bits per heavy atom. The molecule has 3 nitrogen and oxygen atoms in total. The van der Waals surface area contributed by atoms with Gasteiger partial charge >= 0.3 is 0 Å². The van der Waals surface area contributed by atoms with Gasteiger partial charge in [-0.1, -0.05) is 0 Å². The van der Waals surface area contributed by atoms with Gasteiger partial charge in [-0.2, -0.15) is 0 Å². The van der Waals surface area contributed by atoms with Crippen molar-refractivity contribution < 1.29 is 10.2 Å². The van der Waals surface area contributed by atoms with E-state index in [9.17, 15) is 10.2 Å². The van der Waals surface area contributed by atoms with Crippen molar-refractivity contribution in [1.82, 2.24) is 4.90 Å². The van der Waals surface area contributed by atoms with Gasteiger partial charge in [0.15, 0.2) is 0 Å². The van der Waals surface area contributed by atoms with Gasteiger partial charge in [0.05, 0.1) is 11.2 Å². The number of likely N-dealkylation sites (tertiary alicyclic amines) is 1. The first kappa shape index (κ1) is 12.0. The summed E-state index contributed by atoms with van der Waals surface area (Å²) in [6.07, 6.45) is 2.70. The molecule has 0 radical (unpaired) electrons. The first-order valence-corrected chi connectivity index (χ1v) is 5.46. The van der Waals surface area contributed by atoms with E-state index in [1.807, 2.05) is 20.8 Å². The van der Waals surface area contributed by atoms with Crippen LogP contribution in [-0.4, -0.2) is 45.9 Å². The molecule has 1 unspecified atom stereocenters. The number of hydrogen-bond acceptors (Lipinski definition) is 3. The summed E-state index contributed by atoms with van der Waals surface area (Å²) in [6, 6.07) is 0. The molecule has 84 valence electrons. The number of aliphatic hydroxyl groups is 2. The topological polar surface area (TPSA) is 43.7 Å². The van der Waals surface area contributed by atoms with Crippen molar-refractivity contribution in [3.05, 3.63) is 0 Å². The number of β-amino-alcohol motifs (C(OH)–C–C–N with tert-alkyl or cyclic N) is 1. The summed E-state index contributed by atoms with van der Waals surface area (Å²) in [6.45, 7) is 8.13. The zero-order valence-electron chi connectivity index (χ0n) is 9.58. The molecule has 0 aromatic heterocycles. The third-order valence-corrected chi connectivity index (χ3v) is 2.77. The van der Waals surface area contributed by atoms with Gasteiger partial charge in [-0.15, -0.1) is 0 Å². The minimum atomic E-state index is -0.629. The molecule has 0 amide bonds. The van der Waals surface area contributed by atoms with Gasteiger partial charge in [0, 0.05) is 13.1 Å². The summed E-state index contributed by atoms with van der Waals surface area (Å²) < 4.78 is 0. The van der Waals surface area contributed by atoms with Crippen molar-refractivity contribution in [2.75, 3.05) is 19.6 Å². The van der Waals surface area contributed by atoms with Crippen molar-refractivity contribution in [2.24, 2.45) is 0 Å². The molecule has 2 N–H and O–H groups in total. The smallest absolute Gasteiger partial charge is 0.0718 e. The second-order valence-electron chi connectivity index (χ2n) is 5.44. The van der Waals surface area contributed by atoms with Crippen molar-refractivity contribution in [3.63, 3.8) is 0 Å². The third-order valence-electron chi connectivity index (χ3n) is 2.77. The molecule has 0 spiro atoms. The molecule has 0 saturated carbocycles. The molecule has 3 heteroatoms. The van der Waals surface area contributed by atoms with E-state index in [1.54, 1.807) is 0 Å². The van der Waals surface area contributed by atoms with Gasteiger partial charge in [0.2, 0.25) is 0 Å². The van der Waals surface area contributed by atoms with Crippen LogP contribution in [-0.2, 0) is 0 Å². The van der Waals surface area contributed by atoms with Crippen molar-refractivity contribution in [3.8, 4) is 0 Å². The summed E-state index contributed by atoms with van der Waals surface area (Å²) in [4.78, 5) is 2.24. The minimum absolute atomic E-state index is 0.506. The zero-order valence-corrected chi connectivity index (χ0v) is 9.58. The van der Waals surface area contributed by atoms with E-state index in [1.165, 1.54) is 0 Å². The maximum absolute atomic E-state index is 9.88. The minimum Gasteiger partial charge on any atom is -0.390 e. The molecule has 0 aromatic carbocycles. The fourth-order valence-corrected chi connectivity index (χ4v) is 2.02. The largest absolute Gasteiger partial charge is 0.390 e. The molecule has 1 atom stereocenters. The first-order chi connectivity index (χ1) is 6.29. The van der Waals surface area contributed by atoms with Gasteiger partial charge in [0.1, 0.15) is 0 Å². The molecule has 1 saturated heterocycles. The number of rotatable bonds is 2. The first-order valence-electron chi connectivity index (χ1n) is 5.46. The lowest BCUT2D eigenvalue weighted by Gasteiger charge is -2.28. The standard InChI is InChI=1S/C11H23NO2/c1-10(2,13)9-12-7-4-5-11(3,14)6-8-12/h13-14H,4-9H2,1-3H3. The molecule has 0 aromatic rings. The fraction of sp³-hybridized carbons (Fsp3) is 1.00. The summed E-state index contributed by atoms with van der Waals surface area (Å²) in [5.41, 5.74) is -1.13. The molecule has 14 heavy (non-hydrogen) atoms. The molecular formula is C11H23NO2. The van der Waals surface area contributed by atoms with Crippen LogP contribution in [0.3, 0.4) is 0 Å². The van der Waals surface area contributed by atoms with Crippen LogP contribution in [0.4, 0.5) is 0 Å². The zero-order chi connectivity index (χ0) is 10.8. The molecule has 1 heterocycles. The Morgan fingerprint density at radius 2 is 1.93 bits per heavy atom. The van der Waals surface area contributed by atoms with Gasteiger partial charge in [0.25, 0.3) is 0 Å². The van der Waals surface area contributed by atoms with E-state index in [4.69, 9.17) is 0 Å². The highest BCUT2D eigenvalue weighted by Gasteiger charge is 2.27. The highest BCUT2D eigenvalue weighted by Crippen LogP contribution is 2.22. The second kappa shape index (κ2) is 4.17. The van der Waals surface area contributed by atoms with Gasteiger partial charge < -0.3 is 15.1 Å². The molecule has 1 fully saturated rings. The van der Waals surface area contributed by atoms with E-state index in [2.05, 4.69) is 4.90 Å². The average Bonchev–Trinajstić information content (AvgIpc) is 2.10. The maximum Gasteiger partial charge on any atom is 0.0718 e. The van der Waals surface area contributed by atoms with Crippen LogP contribution in [0.25, 0.3) is 0 Å². The Hall–Kier alpha value is -0.120. The molecular weight excluding hydrogens is 178 g/mol. The molecule has 1 aliphatic rings. The van der Waals surface area contributed by atoms with Crippen LogP contribution in [0.5, 0.6) is 0 Å². The SMILES string of the molecule is CC(C)(O)CN1CCCC(C)(O)CC1. The van der Waals surface area contributed by atoms with Gasteiger partial charge in [-0.3, -0.25) is 0 Å². The Labute approximate surface area is 86.7 Å². The summed E-state index contributed by atoms with van der Waals surface area (Å²) in [5, 5.41) is 19.6. The van der Waals surface area contributed by atoms with E-state index in [0.29, 0.717) is 6.54 Å². The Kier molecular flexibility index (Phi) is 3.56. The Morgan fingerprint density at radius 1 is 1.29 bits per heavy atom. The lowest BCUT2D eigenvalue weighted by atomic mass is 9.98. The van der Waals surface area contributed by atoms with E-state index < -0.39 is 11.2 Å². The van der Waals surface area contributed by atoms with E-state index in [-0.39, 0.29) is 0 Å². The molecule has 1 rings (SSSR count). The van der Waals surface area contributed by atoms with Gasteiger partial charge in [-0.25, -0.2) is 0 Å². The van der Waals surface area contributed by atoms with Crippen LogP contribution < -0.4 is 0 Å². The predicted octanol–water partition coefficient (Wildman–Crippen LogP) is 0.994. The number of hydrogen-bond donors (Lipinski definition) is 2. The lowest BCUT2D eigenvalue weighted by Crippen LogP contribution is -2.39. The fourth-order valence-electron chi connectivity index (χ4n) is 2.02. The normalized spacial score (nSPS) is 31.5. The molecule has 1 aliphatic heterocycles. The van der Waals surface area contributed by atoms with Crippen LogP contribution in [0.1, 0.15) is 40.0 Å². The van der Waals surface area contributed by atoms with Gasteiger partial charge in [-0.05, 0) is 46.6 Å². The Bertz CT molecular complexity index is 184. The van der Waals surface area contributed by atoms with Crippen molar-refractivity contribution in [1.29, 1.82) is 0 Å². The van der Waals surface area contributed by atoms with Crippen LogP contribution in [0.15, 0.2) is 0 Å². The highest BCUT2D eigenvalue weighted by atomic mass is 16.3. The third kappa shape index (κ3) is 4.40. The maximum atomic E-state index is 9.88. The number of nitrogens with zero attached hydrogens (tertiary/aromatic N) is 1. The summed E-state index contributed by atoms with van der Waals surface area (Å²) in [7, 11) is 0. The summed E-state index contributed by atoms with van der Waals surface area (Å²) >= 11 is 0. The van der Waals surface area contributed by atoms with Crippen LogP contribution >= 0.6 is 0 Å². The second-order valence-corrected chi connectivity index (χ2v) is 5.44. The Balaban J connectivity index is 2.43. The van der Waals surface area contributed by atoms with Crippen LogP contribution in [0.2, 0.25) is 0 Å². The monoisotopic (exact) mass is 201 g/mol. The van der Waals surface area contributed by atoms with E-state index >= 15 is 0 Å². The quantitative estimate of drug-likeness (QED) is 0.700. The highest BCUT2D eigenvalue weighted by molar-refractivity contribution is 4.81.